The second-order valence-electron chi connectivity index (χ2n) is 1.90. The predicted octanol–water partition coefficient (Wildman–Crippen LogP) is -0.152. The Morgan fingerprint density at radius 1 is 1.62 bits per heavy atom. The van der Waals surface area contributed by atoms with E-state index in [2.05, 4.69) is 11.3 Å². The summed E-state index contributed by atoms with van der Waals surface area (Å²) in [4.78, 5) is 9.31. The molecule has 78 valence electrons. The summed E-state index contributed by atoms with van der Waals surface area (Å²) in [5.74, 6) is -0.132. The molecule has 13 heavy (non-hydrogen) atoms. The highest BCUT2D eigenvalue weighted by molar-refractivity contribution is 7.90. The Kier molecular flexibility index (Phi) is 8.40. The average molecular weight is 212 g/mol. The van der Waals surface area contributed by atoms with Gasteiger partial charge in [-0.1, -0.05) is 6.58 Å². The van der Waals surface area contributed by atoms with Crippen LogP contribution in [0.15, 0.2) is 12.8 Å². The fraction of sp³-hybridized carbons (Fsp3) is 0.500. The van der Waals surface area contributed by atoms with Crippen LogP contribution in [0.3, 0.4) is 0 Å². The zero-order chi connectivity index (χ0) is 10.9. The van der Waals surface area contributed by atoms with Gasteiger partial charge in [0, 0.05) is 6.26 Å². The summed E-state index contributed by atoms with van der Waals surface area (Å²) in [6, 6.07) is 0. The molecule has 0 radical (unpaired) electrons. The second kappa shape index (κ2) is 7.56. The number of sulfone groups is 1. The Hall–Kier alpha value is -1.08. The van der Waals surface area contributed by atoms with Gasteiger partial charge in [0.25, 0.3) is 0 Å². The number of aliphatic hydroxyl groups is 1. The average Bonchev–Trinajstić information content (AvgIpc) is 1.84. The van der Waals surface area contributed by atoms with Crippen LogP contribution in [-0.2, 0) is 14.6 Å². The number of ether oxygens (including phenoxy) is 1. The monoisotopic (exact) mass is 212 g/mol. The van der Waals surface area contributed by atoms with Gasteiger partial charge in [0.15, 0.2) is 0 Å². The molecule has 0 aliphatic heterocycles. The number of hydrogen-bond acceptors (Lipinski definition) is 5. The van der Waals surface area contributed by atoms with Gasteiger partial charge < -0.3 is 14.9 Å². The van der Waals surface area contributed by atoms with Crippen molar-refractivity contribution in [2.75, 3.05) is 18.6 Å². The summed E-state index contributed by atoms with van der Waals surface area (Å²) >= 11 is 0. The first kappa shape index (κ1) is 14.4. The third kappa shape index (κ3) is 24.8. The van der Waals surface area contributed by atoms with Crippen molar-refractivity contribution in [3.63, 3.8) is 0 Å². The fourth-order valence-electron chi connectivity index (χ4n) is 0.237. The smallest absolute Gasteiger partial charge is 0.449 e. The van der Waals surface area contributed by atoms with E-state index in [1.165, 1.54) is 0 Å². The topological polar surface area (TPSA) is 101 Å². The van der Waals surface area contributed by atoms with Crippen molar-refractivity contribution in [3.05, 3.63) is 12.8 Å². The number of hydrogen-bond donors (Lipinski definition) is 2. The van der Waals surface area contributed by atoms with Crippen molar-refractivity contribution < 1.29 is 28.2 Å². The minimum atomic E-state index is -2.92. The van der Waals surface area contributed by atoms with Crippen molar-refractivity contribution in [1.29, 1.82) is 0 Å². The van der Waals surface area contributed by atoms with Gasteiger partial charge in [-0.05, 0) is 0 Å². The summed E-state index contributed by atoms with van der Waals surface area (Å²) in [7, 11) is -2.92. The molecule has 0 atom stereocenters. The van der Waals surface area contributed by atoms with Crippen LogP contribution >= 0.6 is 0 Å². The minimum absolute atomic E-state index is 0.132. The molecule has 6 nitrogen and oxygen atoms in total. The second-order valence-corrected chi connectivity index (χ2v) is 4.16. The van der Waals surface area contributed by atoms with Crippen LogP contribution in [0, 0.1) is 0 Å². The predicted molar refractivity (Wildman–Crippen MR) is 46.1 cm³/mol. The molecule has 0 unspecified atom stereocenters. The quantitative estimate of drug-likeness (QED) is 0.498. The molecule has 0 saturated heterocycles. The lowest BCUT2D eigenvalue weighted by Crippen LogP contribution is -2.05. The number of carbonyl (C=O) groups is 1. The molecule has 0 aromatic heterocycles. The Morgan fingerprint density at radius 2 is 2.08 bits per heavy atom. The van der Waals surface area contributed by atoms with Crippen LogP contribution in [0.4, 0.5) is 4.79 Å². The summed E-state index contributed by atoms with van der Waals surface area (Å²) in [5.41, 5.74) is 0. The molecule has 0 heterocycles. The van der Waals surface area contributed by atoms with E-state index in [1.807, 2.05) is 0 Å². The molecular formula is C6H12O6S. The van der Waals surface area contributed by atoms with Gasteiger partial charge in [0.2, 0.25) is 0 Å². The first-order valence-corrected chi connectivity index (χ1v) is 5.18. The van der Waals surface area contributed by atoms with Gasteiger partial charge in [-0.25, -0.2) is 13.2 Å². The zero-order valence-electron chi connectivity index (χ0n) is 7.13. The molecule has 0 saturated carbocycles. The maximum Gasteiger partial charge on any atom is 0.510 e. The highest BCUT2D eigenvalue weighted by Gasteiger charge is 1.96. The van der Waals surface area contributed by atoms with Crippen LogP contribution < -0.4 is 0 Å². The van der Waals surface area contributed by atoms with E-state index in [9.17, 15) is 13.2 Å². The lowest BCUT2D eigenvalue weighted by atomic mass is 10.9. The van der Waals surface area contributed by atoms with Crippen molar-refractivity contribution in [1.82, 2.24) is 0 Å². The van der Waals surface area contributed by atoms with E-state index in [0.717, 1.165) is 12.5 Å². The Labute approximate surface area is 76.4 Å². The normalized spacial score (nSPS) is 9.38. The van der Waals surface area contributed by atoms with E-state index in [4.69, 9.17) is 10.2 Å². The number of aliphatic hydroxyl groups excluding tert-OH is 1. The van der Waals surface area contributed by atoms with E-state index in [-0.39, 0.29) is 12.4 Å². The molecule has 0 aliphatic rings. The van der Waals surface area contributed by atoms with Crippen molar-refractivity contribution in [2.24, 2.45) is 0 Å². The molecule has 0 aromatic rings. The highest BCUT2D eigenvalue weighted by Crippen LogP contribution is 1.76. The summed E-state index contributed by atoms with van der Waals surface area (Å²) < 4.78 is 23.9. The zero-order valence-corrected chi connectivity index (χ0v) is 7.95. The molecule has 0 amide bonds. The molecule has 0 aromatic carbocycles. The lowest BCUT2D eigenvalue weighted by molar-refractivity contribution is 0.128. The fourth-order valence-corrected chi connectivity index (χ4v) is 0.569. The Balaban J connectivity index is 0. The van der Waals surface area contributed by atoms with Crippen LogP contribution in [0.1, 0.15) is 0 Å². The van der Waals surface area contributed by atoms with E-state index in [0.29, 0.717) is 0 Å². The van der Waals surface area contributed by atoms with E-state index >= 15 is 0 Å². The van der Waals surface area contributed by atoms with Gasteiger partial charge in [-0.15, -0.1) is 0 Å². The minimum Gasteiger partial charge on any atom is -0.449 e. The first-order valence-electron chi connectivity index (χ1n) is 3.12. The lowest BCUT2D eigenvalue weighted by Gasteiger charge is -1.87. The summed E-state index contributed by atoms with van der Waals surface area (Å²) in [6.45, 7) is 2.72. The maximum atomic E-state index is 10.1. The third-order valence-corrected chi connectivity index (χ3v) is 1.57. The van der Waals surface area contributed by atoms with Crippen molar-refractivity contribution in [2.45, 2.75) is 0 Å². The van der Waals surface area contributed by atoms with E-state index in [1.54, 1.807) is 0 Å². The summed E-state index contributed by atoms with van der Waals surface area (Å²) in [5, 5.41) is 15.6. The molecule has 0 rings (SSSR count). The van der Waals surface area contributed by atoms with Crippen molar-refractivity contribution in [3.8, 4) is 0 Å². The van der Waals surface area contributed by atoms with E-state index < -0.39 is 16.0 Å². The molecule has 0 fully saturated rings. The van der Waals surface area contributed by atoms with Crippen LogP contribution in [-0.4, -0.2) is 43.4 Å². The summed E-state index contributed by atoms with van der Waals surface area (Å²) in [6.07, 6.45) is 0.607. The SMILES string of the molecule is C=COC(=O)O.CS(=O)(=O)CCO. The van der Waals surface area contributed by atoms with Crippen LogP contribution in [0.5, 0.6) is 0 Å². The van der Waals surface area contributed by atoms with Gasteiger partial charge in [0.05, 0.1) is 18.6 Å². The third-order valence-electron chi connectivity index (χ3n) is 0.646. The molecule has 0 spiro atoms. The van der Waals surface area contributed by atoms with Crippen LogP contribution in [0.25, 0.3) is 0 Å². The first-order chi connectivity index (χ1) is 5.83. The van der Waals surface area contributed by atoms with Crippen LogP contribution in [0.2, 0.25) is 0 Å². The Bertz CT molecular complexity index is 242. The van der Waals surface area contributed by atoms with Gasteiger partial charge >= 0.3 is 6.16 Å². The van der Waals surface area contributed by atoms with Gasteiger partial charge in [-0.2, -0.15) is 0 Å². The van der Waals surface area contributed by atoms with Crippen molar-refractivity contribution >= 4 is 16.0 Å². The molecule has 7 heteroatoms. The maximum absolute atomic E-state index is 10.1. The molecule has 0 bridgehead atoms. The molecule has 2 N–H and O–H groups in total. The largest absolute Gasteiger partial charge is 0.510 e. The molecule has 0 aliphatic carbocycles. The van der Waals surface area contributed by atoms with Gasteiger partial charge in [0.1, 0.15) is 9.84 Å². The highest BCUT2D eigenvalue weighted by atomic mass is 32.2. The number of carboxylic acid groups (broad SMARTS) is 1. The molecular weight excluding hydrogens is 200 g/mol. The van der Waals surface area contributed by atoms with Gasteiger partial charge in [-0.3, -0.25) is 0 Å². The number of rotatable bonds is 3. The standard InChI is InChI=1S/C3H8O3S.C3H4O3/c1-7(5,6)3-2-4;1-2-6-3(4)5/h4H,2-3H2,1H3;2H,1H2,(H,4,5). The Morgan fingerprint density at radius 3 is 2.08 bits per heavy atom.